The van der Waals surface area contributed by atoms with Gasteiger partial charge in [-0.1, -0.05) is 30.3 Å². The van der Waals surface area contributed by atoms with Crippen LogP contribution in [0, 0.1) is 0 Å². The second-order valence-corrected chi connectivity index (χ2v) is 10.2. The molecule has 0 bridgehead atoms. The molecule has 4 rings (SSSR count). The maximum absolute atomic E-state index is 12.7. The van der Waals surface area contributed by atoms with E-state index in [2.05, 4.69) is 5.32 Å². The number of aromatic carboxylic acids is 1. The van der Waals surface area contributed by atoms with Crippen LogP contribution in [-0.4, -0.2) is 82.4 Å². The molecule has 1 radical (unpaired) electrons. The van der Waals surface area contributed by atoms with E-state index in [1.807, 2.05) is 0 Å². The topological polar surface area (TPSA) is 148 Å². The second kappa shape index (κ2) is 10.6. The first kappa shape index (κ1) is 26.4. The number of nitrogens with zero attached hydrogens (tertiary/aromatic N) is 2. The Kier molecular flexibility index (Phi) is 8.22. The molecule has 0 spiro atoms. The molecule has 173 valence electrons. The Labute approximate surface area is 222 Å². The van der Waals surface area contributed by atoms with Crippen LogP contribution in [0.1, 0.15) is 21.2 Å². The minimum absolute atomic E-state index is 0. The molecule has 3 heterocycles. The van der Waals surface area contributed by atoms with E-state index in [0.29, 0.717) is 12.3 Å². The molecule has 0 aliphatic carbocycles. The summed E-state index contributed by atoms with van der Waals surface area (Å²) in [5.41, 5.74) is 1.07. The summed E-state index contributed by atoms with van der Waals surface area (Å²) in [6.45, 7) is 0.437. The zero-order valence-electron chi connectivity index (χ0n) is 18.0. The van der Waals surface area contributed by atoms with Crippen LogP contribution >= 0.6 is 11.8 Å². The van der Waals surface area contributed by atoms with Gasteiger partial charge in [-0.05, 0) is 5.56 Å². The number of aromatic nitrogens is 1. The summed E-state index contributed by atoms with van der Waals surface area (Å²) < 4.78 is 35.0. The van der Waals surface area contributed by atoms with E-state index in [1.165, 1.54) is 40.9 Å². The number of rotatable bonds is 7. The second-order valence-electron chi connectivity index (χ2n) is 7.57. The van der Waals surface area contributed by atoms with Crippen molar-refractivity contribution >= 4 is 69.2 Å². The average molecular weight is 513 g/mol. The summed E-state index contributed by atoms with van der Waals surface area (Å²) in [5, 5.41) is 11.1. The Morgan fingerprint density at radius 1 is 1.21 bits per heavy atom. The summed E-state index contributed by atoms with van der Waals surface area (Å²) in [6, 6.07) is 9.50. The number of hydrogen-bond acceptors (Lipinski definition) is 7. The molecule has 2 aromatic rings. The van der Waals surface area contributed by atoms with Gasteiger partial charge in [-0.2, -0.15) is 8.42 Å². The number of carbonyl (C=O) groups excluding carboxylic acids is 3. The zero-order chi connectivity index (χ0) is 23.8. The molecule has 13 heteroatoms. The minimum atomic E-state index is -4.74. The summed E-state index contributed by atoms with van der Waals surface area (Å²) in [4.78, 5) is 37.6. The van der Waals surface area contributed by atoms with Crippen LogP contribution in [0.3, 0.4) is 0 Å². The Morgan fingerprint density at radius 3 is 2.44 bits per heavy atom. The fraction of sp³-hybridized carbons (Fsp3) is 0.238. The summed E-state index contributed by atoms with van der Waals surface area (Å²) in [7, 11) is -4.74. The first-order valence-electron chi connectivity index (χ1n) is 9.80. The van der Waals surface area contributed by atoms with Crippen molar-refractivity contribution in [2.45, 2.75) is 23.2 Å². The van der Waals surface area contributed by atoms with Crippen LogP contribution in [0.15, 0.2) is 66.6 Å². The van der Waals surface area contributed by atoms with Crippen molar-refractivity contribution in [2.75, 3.05) is 5.75 Å². The average Bonchev–Trinajstić information content (AvgIpc) is 2.77. The molecule has 2 aliphatic heterocycles. The molecule has 1 fully saturated rings. The van der Waals surface area contributed by atoms with Gasteiger partial charge in [-0.3, -0.25) is 14.1 Å². The third-order valence-electron chi connectivity index (χ3n) is 5.29. The number of amides is 2. The number of thioether (sulfide) groups is 1. The molecule has 10 nitrogen and oxygen atoms in total. The van der Waals surface area contributed by atoms with Crippen LogP contribution in [0.4, 0.5) is 0 Å². The predicted octanol–water partition coefficient (Wildman–Crippen LogP) is -1.13. The normalized spacial score (nSPS) is 20.2. The third kappa shape index (κ3) is 5.53. The van der Waals surface area contributed by atoms with Gasteiger partial charge in [0.25, 0.3) is 16.0 Å². The Morgan fingerprint density at radius 2 is 1.85 bits per heavy atom. The number of benzene rings is 1. The van der Waals surface area contributed by atoms with Crippen molar-refractivity contribution in [3.05, 3.63) is 77.8 Å². The fourth-order valence-electron chi connectivity index (χ4n) is 3.69. The molecular weight excluding hydrogens is 493 g/mol. The van der Waals surface area contributed by atoms with E-state index < -0.39 is 44.6 Å². The van der Waals surface area contributed by atoms with E-state index in [1.54, 1.807) is 41.4 Å². The van der Waals surface area contributed by atoms with Gasteiger partial charge >= 0.3 is 0 Å². The number of carboxylic acids is 1. The van der Waals surface area contributed by atoms with Gasteiger partial charge in [0.1, 0.15) is 11.4 Å². The summed E-state index contributed by atoms with van der Waals surface area (Å²) in [5.74, 6) is -2.07. The molecule has 34 heavy (non-hydrogen) atoms. The predicted molar refractivity (Wildman–Crippen MR) is 121 cm³/mol. The molecule has 1 aromatic carbocycles. The van der Waals surface area contributed by atoms with E-state index in [0.717, 1.165) is 5.57 Å². The first-order valence-corrected chi connectivity index (χ1v) is 12.4. The molecule has 2 aliphatic rings. The largest absolute Gasteiger partial charge is 0.545 e. The summed E-state index contributed by atoms with van der Waals surface area (Å²) in [6.07, 6.45) is 4.88. The van der Waals surface area contributed by atoms with E-state index in [4.69, 9.17) is 0 Å². The SMILES string of the molecule is O=C([O-])c1cc[n+](CC2=CN3C(=O)C(NC(=O)C(c4ccccc4)S(=O)(=O)O)[C@H]3SC2)cc1.[Na]. The number of carboxylic acid groups (broad SMARTS) is 1. The first-order chi connectivity index (χ1) is 15.6. The maximum atomic E-state index is 12.7. The zero-order valence-corrected chi connectivity index (χ0v) is 21.7. The van der Waals surface area contributed by atoms with Crippen LogP contribution in [0.2, 0.25) is 0 Å². The Balaban J connectivity index is 0.00000324. The molecule has 2 unspecified atom stereocenters. The van der Waals surface area contributed by atoms with Crippen molar-refractivity contribution in [1.82, 2.24) is 10.2 Å². The Bertz CT molecular complexity index is 1240. The fourth-order valence-corrected chi connectivity index (χ4v) is 5.79. The van der Waals surface area contributed by atoms with E-state index in [-0.39, 0.29) is 40.7 Å². The van der Waals surface area contributed by atoms with E-state index in [9.17, 15) is 32.5 Å². The van der Waals surface area contributed by atoms with Crippen LogP contribution in [0.5, 0.6) is 0 Å². The van der Waals surface area contributed by atoms with Gasteiger partial charge in [-0.15, -0.1) is 11.8 Å². The van der Waals surface area contributed by atoms with Crippen molar-refractivity contribution in [2.24, 2.45) is 0 Å². The number of fused-ring (bicyclic) bond motifs is 1. The van der Waals surface area contributed by atoms with Crippen LogP contribution in [0.25, 0.3) is 0 Å². The third-order valence-corrected chi connectivity index (χ3v) is 7.75. The molecule has 3 atom stereocenters. The molecule has 1 saturated heterocycles. The number of β-lactam (4-membered cyclic amide) rings is 1. The van der Waals surface area contributed by atoms with Crippen LogP contribution in [-0.2, 0) is 26.3 Å². The van der Waals surface area contributed by atoms with E-state index >= 15 is 0 Å². The quantitative estimate of drug-likeness (QED) is 0.205. The van der Waals surface area contributed by atoms with Crippen molar-refractivity contribution in [1.29, 1.82) is 0 Å². The van der Waals surface area contributed by atoms with Gasteiger partial charge in [0.15, 0.2) is 24.2 Å². The molecular formula is C21H19N3NaO7S2. The van der Waals surface area contributed by atoms with Crippen molar-refractivity contribution in [3.63, 3.8) is 0 Å². The number of pyridine rings is 1. The number of carbonyl (C=O) groups is 3. The van der Waals surface area contributed by atoms with Gasteiger partial charge in [-0.25, -0.2) is 4.57 Å². The van der Waals surface area contributed by atoms with Crippen molar-refractivity contribution < 1.29 is 37.0 Å². The van der Waals surface area contributed by atoms with Crippen molar-refractivity contribution in [3.8, 4) is 0 Å². The number of hydrogen-bond donors (Lipinski definition) is 2. The Hall–Kier alpha value is -2.22. The monoisotopic (exact) mass is 512 g/mol. The van der Waals surface area contributed by atoms with Crippen LogP contribution < -0.4 is 15.0 Å². The standard InChI is InChI=1S/C21H19N3O7S2.Na/c25-18(17(33(29,30)31)14-4-2-1-3-5-14)22-16-19(26)24-11-13(12-32-20(16)24)10-23-8-6-15(7-9-23)21(27)28;/h1-9,11,16-17,20H,10,12H2,(H2-,22,25,27,28,29,30,31);/t16?,17?,20-;/m1./s1. The molecule has 1 aromatic heterocycles. The van der Waals surface area contributed by atoms with Gasteiger partial charge in [0, 0.05) is 64.8 Å². The van der Waals surface area contributed by atoms with Gasteiger partial charge in [0.2, 0.25) is 5.91 Å². The van der Waals surface area contributed by atoms with Gasteiger partial charge < -0.3 is 20.1 Å². The molecule has 2 amide bonds. The summed E-state index contributed by atoms with van der Waals surface area (Å²) >= 11 is 1.41. The minimum Gasteiger partial charge on any atom is -0.545 e. The molecule has 2 N–H and O–H groups in total. The maximum Gasteiger partial charge on any atom is 0.281 e. The molecule has 0 saturated carbocycles. The van der Waals surface area contributed by atoms with Gasteiger partial charge in [0.05, 0.1) is 5.97 Å². The number of nitrogens with one attached hydrogen (secondary N) is 1. The smallest absolute Gasteiger partial charge is 0.281 e.